The van der Waals surface area contributed by atoms with Crippen molar-refractivity contribution in [3.63, 3.8) is 0 Å². The highest BCUT2D eigenvalue weighted by Gasteiger charge is 2.33. The molecule has 0 fully saturated rings. The van der Waals surface area contributed by atoms with Gasteiger partial charge in [-0.05, 0) is 40.6 Å². The van der Waals surface area contributed by atoms with Gasteiger partial charge in [-0.2, -0.15) is 24.5 Å². The van der Waals surface area contributed by atoms with Crippen LogP contribution in [-0.4, -0.2) is 29.8 Å². The topological polar surface area (TPSA) is 77.9 Å². The van der Waals surface area contributed by atoms with Crippen molar-refractivity contribution in [2.24, 2.45) is 0 Å². The van der Waals surface area contributed by atoms with Crippen LogP contribution in [-0.2, 0) is 0 Å². The van der Waals surface area contributed by atoms with Gasteiger partial charge in [-0.3, -0.25) is 15.2 Å². The third-order valence-electron chi connectivity index (χ3n) is 3.91. The van der Waals surface area contributed by atoms with Gasteiger partial charge in [0, 0.05) is 35.8 Å². The van der Waals surface area contributed by atoms with E-state index in [4.69, 9.17) is 5.41 Å². The number of hydrogen-bond donors (Lipinski definition) is 3. The van der Waals surface area contributed by atoms with Gasteiger partial charge in [0.15, 0.2) is 0 Å². The molecule has 3 N–H and O–H groups in total. The molecule has 0 unspecified atom stereocenters. The number of fused-ring (bicyclic) bond motifs is 1. The van der Waals surface area contributed by atoms with Gasteiger partial charge in [0.1, 0.15) is 11.5 Å². The van der Waals surface area contributed by atoms with E-state index in [2.05, 4.69) is 15.6 Å². The van der Waals surface area contributed by atoms with Crippen LogP contribution in [0.3, 0.4) is 0 Å². The number of amides is 1. The summed E-state index contributed by atoms with van der Waals surface area (Å²) in [5, 5.41) is 16.6. The Balaban J connectivity index is 1.82. The Morgan fingerprint density at radius 3 is 2.64 bits per heavy atom. The minimum Gasteiger partial charge on any atom is -0.375 e. The molecule has 0 spiro atoms. The maximum absolute atomic E-state index is 12.5. The fourth-order valence-electron chi connectivity index (χ4n) is 2.44. The zero-order valence-electron chi connectivity index (χ0n) is 14.6. The standard InChI is InChI=1S/C19H15F3N4OS/c1-24-17(8-16(23)19(20,21)22)26-18(27)12-3-2-11-6-14(9-25-15(11)7-12)13-4-5-28-10-13/h2-10,23-24H,1H3,(H,26,27)/b17-8+,23-16?. The lowest BCUT2D eigenvalue weighted by Gasteiger charge is -2.11. The van der Waals surface area contributed by atoms with E-state index in [1.807, 2.05) is 22.9 Å². The van der Waals surface area contributed by atoms with Crippen molar-refractivity contribution in [3.05, 3.63) is 64.7 Å². The minimum absolute atomic E-state index is 0.229. The van der Waals surface area contributed by atoms with Crippen LogP contribution in [0.1, 0.15) is 10.4 Å². The maximum Gasteiger partial charge on any atom is 0.432 e. The van der Waals surface area contributed by atoms with Crippen LogP contribution >= 0.6 is 11.3 Å². The van der Waals surface area contributed by atoms with Gasteiger partial charge in [-0.15, -0.1) is 0 Å². The quantitative estimate of drug-likeness (QED) is 0.554. The summed E-state index contributed by atoms with van der Waals surface area (Å²) < 4.78 is 37.5. The van der Waals surface area contributed by atoms with E-state index in [-0.39, 0.29) is 11.4 Å². The fourth-order valence-corrected chi connectivity index (χ4v) is 3.11. The smallest absolute Gasteiger partial charge is 0.375 e. The van der Waals surface area contributed by atoms with Gasteiger partial charge in [0.2, 0.25) is 0 Å². The largest absolute Gasteiger partial charge is 0.432 e. The second-order valence-electron chi connectivity index (χ2n) is 5.82. The van der Waals surface area contributed by atoms with E-state index in [0.29, 0.717) is 11.6 Å². The molecule has 0 saturated carbocycles. The van der Waals surface area contributed by atoms with Crippen LogP contribution in [0.5, 0.6) is 0 Å². The van der Waals surface area contributed by atoms with E-state index in [1.165, 1.54) is 7.05 Å². The van der Waals surface area contributed by atoms with E-state index in [9.17, 15) is 18.0 Å². The average Bonchev–Trinajstić information content (AvgIpc) is 3.20. The van der Waals surface area contributed by atoms with E-state index in [0.717, 1.165) is 16.5 Å². The molecule has 1 amide bonds. The molecule has 2 heterocycles. The zero-order valence-corrected chi connectivity index (χ0v) is 15.4. The van der Waals surface area contributed by atoms with Crippen molar-refractivity contribution in [2.45, 2.75) is 6.18 Å². The number of aromatic nitrogens is 1. The predicted molar refractivity (Wildman–Crippen MR) is 103 cm³/mol. The fraction of sp³-hybridized carbons (Fsp3) is 0.105. The van der Waals surface area contributed by atoms with E-state index >= 15 is 0 Å². The monoisotopic (exact) mass is 404 g/mol. The van der Waals surface area contributed by atoms with Gasteiger partial charge >= 0.3 is 6.18 Å². The summed E-state index contributed by atoms with van der Waals surface area (Å²) in [7, 11) is 1.35. The van der Waals surface area contributed by atoms with Gasteiger partial charge < -0.3 is 10.6 Å². The van der Waals surface area contributed by atoms with Crippen LogP contribution in [0.15, 0.2) is 59.2 Å². The van der Waals surface area contributed by atoms with Crippen molar-refractivity contribution in [2.75, 3.05) is 7.05 Å². The summed E-state index contributed by atoms with van der Waals surface area (Å²) in [5.41, 5.74) is 1.26. The summed E-state index contributed by atoms with van der Waals surface area (Å²) >= 11 is 1.58. The summed E-state index contributed by atoms with van der Waals surface area (Å²) in [4.78, 5) is 16.7. The number of pyridine rings is 1. The van der Waals surface area contributed by atoms with Gasteiger partial charge in [-0.1, -0.05) is 6.07 Å². The van der Waals surface area contributed by atoms with Gasteiger partial charge in [0.25, 0.3) is 5.91 Å². The number of halogens is 3. The number of nitrogens with one attached hydrogen (secondary N) is 3. The second-order valence-corrected chi connectivity index (χ2v) is 6.60. The Morgan fingerprint density at radius 2 is 2.00 bits per heavy atom. The Labute approximate surface area is 162 Å². The lowest BCUT2D eigenvalue weighted by Crippen LogP contribution is -2.32. The van der Waals surface area contributed by atoms with Crippen LogP contribution < -0.4 is 10.6 Å². The molecule has 0 aliphatic carbocycles. The number of benzene rings is 1. The number of allylic oxidation sites excluding steroid dienone is 1. The first-order valence-electron chi connectivity index (χ1n) is 8.07. The number of nitrogens with zero attached hydrogens (tertiary/aromatic N) is 1. The molecule has 0 atom stereocenters. The molecular formula is C19H15F3N4OS. The highest BCUT2D eigenvalue weighted by atomic mass is 32.1. The van der Waals surface area contributed by atoms with Gasteiger partial charge in [-0.25, -0.2) is 0 Å². The lowest BCUT2D eigenvalue weighted by atomic mass is 10.1. The third kappa shape index (κ3) is 4.37. The van der Waals surface area contributed by atoms with Crippen LogP contribution in [0.4, 0.5) is 13.2 Å². The SMILES string of the molecule is CN/C(=C\C(=N)C(F)(F)F)NC(=O)c1ccc2cc(-c3ccsc3)cnc2c1. The lowest BCUT2D eigenvalue weighted by molar-refractivity contribution is -0.0584. The normalized spacial score (nSPS) is 12.1. The maximum atomic E-state index is 12.5. The highest BCUT2D eigenvalue weighted by Crippen LogP contribution is 2.25. The van der Waals surface area contributed by atoms with Crippen molar-refractivity contribution in [1.29, 1.82) is 5.41 Å². The number of carbonyl (C=O) groups is 1. The predicted octanol–water partition coefficient (Wildman–Crippen LogP) is 4.34. The molecule has 0 radical (unpaired) electrons. The molecule has 0 bridgehead atoms. The number of rotatable bonds is 5. The third-order valence-corrected chi connectivity index (χ3v) is 4.60. The number of hydrogen-bond acceptors (Lipinski definition) is 5. The first-order valence-corrected chi connectivity index (χ1v) is 9.01. The van der Waals surface area contributed by atoms with Crippen LogP contribution in [0, 0.1) is 5.41 Å². The molecule has 3 rings (SSSR count). The first kappa shape index (κ1) is 19.6. The summed E-state index contributed by atoms with van der Waals surface area (Å²) in [6.45, 7) is 0. The molecule has 3 aromatic rings. The molecular weight excluding hydrogens is 389 g/mol. The Hall–Kier alpha value is -3.20. The molecule has 0 aliphatic heterocycles. The van der Waals surface area contributed by atoms with Crippen molar-refractivity contribution < 1.29 is 18.0 Å². The molecule has 0 saturated heterocycles. The molecule has 2 aromatic heterocycles. The Kier molecular flexibility index (Phi) is 5.46. The molecule has 1 aromatic carbocycles. The van der Waals surface area contributed by atoms with Crippen LogP contribution in [0.2, 0.25) is 0 Å². The van der Waals surface area contributed by atoms with Crippen molar-refractivity contribution in [3.8, 4) is 11.1 Å². The second kappa shape index (κ2) is 7.81. The Morgan fingerprint density at radius 1 is 1.21 bits per heavy atom. The highest BCUT2D eigenvalue weighted by molar-refractivity contribution is 7.08. The average molecular weight is 404 g/mol. The van der Waals surface area contributed by atoms with Crippen molar-refractivity contribution >= 4 is 33.9 Å². The first-order chi connectivity index (χ1) is 13.3. The summed E-state index contributed by atoms with van der Waals surface area (Å²) in [5.74, 6) is -0.839. The summed E-state index contributed by atoms with van der Waals surface area (Å²) in [6, 6.07) is 8.80. The zero-order chi connectivity index (χ0) is 20.3. The van der Waals surface area contributed by atoms with Crippen molar-refractivity contribution in [1.82, 2.24) is 15.6 Å². The number of carbonyl (C=O) groups excluding carboxylic acids is 1. The molecule has 5 nitrogen and oxygen atoms in total. The number of thiophene rings is 1. The van der Waals surface area contributed by atoms with E-state index < -0.39 is 17.8 Å². The molecule has 144 valence electrons. The van der Waals surface area contributed by atoms with Gasteiger partial charge in [0.05, 0.1) is 5.52 Å². The molecule has 28 heavy (non-hydrogen) atoms. The molecule has 9 heteroatoms. The van der Waals surface area contributed by atoms with E-state index in [1.54, 1.807) is 35.7 Å². The molecule has 0 aliphatic rings. The Bertz CT molecular complexity index is 1060. The number of alkyl halides is 3. The summed E-state index contributed by atoms with van der Waals surface area (Å²) in [6.07, 6.45) is -2.57. The minimum atomic E-state index is -4.79. The van der Waals surface area contributed by atoms with Crippen LogP contribution in [0.25, 0.3) is 22.0 Å².